The van der Waals surface area contributed by atoms with Crippen molar-refractivity contribution in [2.24, 2.45) is 0 Å². The van der Waals surface area contributed by atoms with E-state index in [2.05, 4.69) is 4.74 Å². The summed E-state index contributed by atoms with van der Waals surface area (Å²) in [6, 6.07) is 0. The molecule has 0 bridgehead atoms. The molecule has 0 aromatic rings. The van der Waals surface area contributed by atoms with Crippen LogP contribution in [-0.4, -0.2) is 29.9 Å². The van der Waals surface area contributed by atoms with Crippen molar-refractivity contribution in [2.45, 2.75) is 0 Å². The molecule has 0 aromatic heterocycles. The van der Waals surface area contributed by atoms with Crippen molar-refractivity contribution in [3.05, 3.63) is 0 Å². The Morgan fingerprint density at radius 1 is 1.89 bits per heavy atom. The summed E-state index contributed by atoms with van der Waals surface area (Å²) in [7, 11) is 1.54. The summed E-state index contributed by atoms with van der Waals surface area (Å²) in [5.74, 6) is -0.229. The Hall–Kier alpha value is 1.42. The number of hydrogen-bond donors (Lipinski definition) is 1. The molecular formula is C4H9KO3S. The average Bonchev–Trinajstić information content (AvgIpc) is 1.66. The Bertz CT molecular complexity index is 82.9. The average molecular weight is 176 g/mol. The Morgan fingerprint density at radius 3 is 2.78 bits per heavy atom. The fourth-order valence-corrected chi connectivity index (χ4v) is 0.637. The van der Waals surface area contributed by atoms with Crippen LogP contribution in [0.3, 0.4) is 0 Å². The predicted octanol–water partition coefficient (Wildman–Crippen LogP) is -2.48. The van der Waals surface area contributed by atoms with Crippen molar-refractivity contribution >= 4 is 17.7 Å². The number of ether oxygens (including phenoxy) is 1. The largest absolute Gasteiger partial charge is 1.00 e. The van der Waals surface area contributed by atoms with Gasteiger partial charge in [0.25, 0.3) is 0 Å². The van der Waals surface area contributed by atoms with Crippen LogP contribution in [0.25, 0.3) is 0 Å². The van der Waals surface area contributed by atoms with Gasteiger partial charge in [0.15, 0.2) is 0 Å². The van der Waals surface area contributed by atoms with Crippen LogP contribution in [0.1, 0.15) is 1.43 Å². The maximum Gasteiger partial charge on any atom is 1.00 e. The molecule has 0 rings (SSSR count). The number of carboxylic acids is 1. The van der Waals surface area contributed by atoms with E-state index in [0.717, 1.165) is 0 Å². The molecule has 0 aliphatic rings. The topological polar surface area (TPSA) is 46.5 Å². The zero-order valence-corrected chi connectivity index (χ0v) is 9.53. The minimum atomic E-state index is -0.799. The van der Waals surface area contributed by atoms with Gasteiger partial charge >= 0.3 is 57.4 Å². The Balaban J connectivity index is -0.000000245. The van der Waals surface area contributed by atoms with Gasteiger partial charge in [-0.1, -0.05) is 0 Å². The van der Waals surface area contributed by atoms with E-state index in [1.807, 2.05) is 0 Å². The molecule has 0 radical (unpaired) electrons. The quantitative estimate of drug-likeness (QED) is 0.293. The molecule has 0 saturated carbocycles. The molecular weight excluding hydrogens is 167 g/mol. The molecule has 3 nitrogen and oxygen atoms in total. The van der Waals surface area contributed by atoms with E-state index in [1.165, 1.54) is 18.9 Å². The molecule has 0 amide bonds. The van der Waals surface area contributed by atoms with Gasteiger partial charge in [0.2, 0.25) is 0 Å². The molecule has 50 valence electrons. The summed E-state index contributed by atoms with van der Waals surface area (Å²) < 4.78 is 4.59. The maximum absolute atomic E-state index is 9.80. The number of rotatable bonds is 4. The first-order valence-corrected chi connectivity index (χ1v) is 3.21. The van der Waals surface area contributed by atoms with Crippen molar-refractivity contribution in [1.29, 1.82) is 0 Å². The minimum Gasteiger partial charge on any atom is -1.00 e. The Morgan fingerprint density at radius 2 is 2.44 bits per heavy atom. The molecule has 0 fully saturated rings. The second-order valence-corrected chi connectivity index (χ2v) is 2.08. The van der Waals surface area contributed by atoms with Gasteiger partial charge < -0.3 is 11.3 Å². The molecule has 0 aliphatic heterocycles. The second kappa shape index (κ2) is 9.42. The van der Waals surface area contributed by atoms with Gasteiger partial charge in [0.1, 0.15) is 0 Å². The number of thioether (sulfide) groups is 1. The zero-order valence-electron chi connectivity index (χ0n) is 6.59. The molecule has 5 heteroatoms. The summed E-state index contributed by atoms with van der Waals surface area (Å²) >= 11 is 1.24. The Kier molecular flexibility index (Phi) is 13.6. The predicted molar refractivity (Wildman–Crippen MR) is 33.1 cm³/mol. The minimum absolute atomic E-state index is 0. The summed E-state index contributed by atoms with van der Waals surface area (Å²) in [5, 5.41) is 8.06. The van der Waals surface area contributed by atoms with E-state index in [1.54, 1.807) is 0 Å². The fourth-order valence-electron chi connectivity index (χ4n) is 0.212. The first-order valence-electron chi connectivity index (χ1n) is 2.06. The number of hydrogen-bond acceptors (Lipinski definition) is 3. The van der Waals surface area contributed by atoms with Crippen LogP contribution in [0, 0.1) is 0 Å². The third-order valence-corrected chi connectivity index (χ3v) is 1.28. The van der Waals surface area contributed by atoms with Crippen LogP contribution in [0.15, 0.2) is 0 Å². The van der Waals surface area contributed by atoms with Crippen LogP contribution < -0.4 is 51.4 Å². The van der Waals surface area contributed by atoms with Crippen LogP contribution in [0.2, 0.25) is 0 Å². The second-order valence-electron chi connectivity index (χ2n) is 1.15. The summed E-state index contributed by atoms with van der Waals surface area (Å²) in [5.41, 5.74) is 0. The SMILES string of the molecule is COCSCC(=O)O.[H-].[K+]. The first kappa shape index (κ1) is 13.0. The van der Waals surface area contributed by atoms with Gasteiger partial charge in [0, 0.05) is 7.11 Å². The van der Waals surface area contributed by atoms with Gasteiger partial charge in [-0.15, -0.1) is 11.8 Å². The molecule has 0 aliphatic carbocycles. The zero-order chi connectivity index (χ0) is 6.41. The fraction of sp³-hybridized carbons (Fsp3) is 0.750. The summed E-state index contributed by atoms with van der Waals surface area (Å²) in [6.45, 7) is 0. The Labute approximate surface area is 102 Å². The molecule has 0 heterocycles. The van der Waals surface area contributed by atoms with E-state index in [-0.39, 0.29) is 58.6 Å². The summed E-state index contributed by atoms with van der Waals surface area (Å²) in [6.07, 6.45) is 0. The van der Waals surface area contributed by atoms with Gasteiger partial charge in [-0.3, -0.25) is 4.79 Å². The number of aliphatic carboxylic acids is 1. The van der Waals surface area contributed by atoms with Gasteiger partial charge in [0.05, 0.1) is 11.7 Å². The molecule has 0 unspecified atom stereocenters. The van der Waals surface area contributed by atoms with E-state index < -0.39 is 5.97 Å². The van der Waals surface area contributed by atoms with Crippen molar-refractivity contribution in [1.82, 2.24) is 0 Å². The number of carboxylic acid groups (broad SMARTS) is 1. The van der Waals surface area contributed by atoms with Gasteiger partial charge in [-0.25, -0.2) is 0 Å². The van der Waals surface area contributed by atoms with Crippen LogP contribution in [0.4, 0.5) is 0 Å². The normalized spacial score (nSPS) is 8.11. The van der Waals surface area contributed by atoms with Gasteiger partial charge in [-0.2, -0.15) is 0 Å². The van der Waals surface area contributed by atoms with Crippen molar-refractivity contribution in [3.8, 4) is 0 Å². The maximum atomic E-state index is 9.80. The van der Waals surface area contributed by atoms with E-state index in [4.69, 9.17) is 5.11 Å². The molecule has 1 N–H and O–H groups in total. The standard InChI is InChI=1S/C4H8O3S.K.H/c1-7-3-8-2-4(5)6;;/h2-3H2,1H3,(H,5,6);;/q;+1;-1. The number of carbonyl (C=O) groups is 1. The molecule has 0 aromatic carbocycles. The third-order valence-electron chi connectivity index (χ3n) is 0.427. The van der Waals surface area contributed by atoms with Crippen molar-refractivity contribution in [3.63, 3.8) is 0 Å². The van der Waals surface area contributed by atoms with Crippen molar-refractivity contribution < 1.29 is 67.4 Å². The molecule has 0 saturated heterocycles. The monoisotopic (exact) mass is 176 g/mol. The van der Waals surface area contributed by atoms with Crippen LogP contribution in [0.5, 0.6) is 0 Å². The van der Waals surface area contributed by atoms with Crippen molar-refractivity contribution in [2.75, 3.05) is 18.8 Å². The molecule has 9 heavy (non-hydrogen) atoms. The van der Waals surface area contributed by atoms with Crippen LogP contribution >= 0.6 is 11.8 Å². The van der Waals surface area contributed by atoms with Crippen LogP contribution in [-0.2, 0) is 9.53 Å². The summed E-state index contributed by atoms with van der Waals surface area (Å²) in [4.78, 5) is 9.80. The smallest absolute Gasteiger partial charge is 1.00 e. The third kappa shape index (κ3) is 12.6. The molecule has 0 spiro atoms. The molecule has 0 atom stereocenters. The van der Waals surface area contributed by atoms with E-state index >= 15 is 0 Å². The van der Waals surface area contributed by atoms with Gasteiger partial charge in [-0.05, 0) is 0 Å². The first-order chi connectivity index (χ1) is 3.77. The van der Waals surface area contributed by atoms with E-state index in [0.29, 0.717) is 5.94 Å². The number of methoxy groups -OCH3 is 1. The van der Waals surface area contributed by atoms with E-state index in [9.17, 15) is 4.79 Å².